The molecule has 0 fully saturated rings. The molecule has 0 unspecified atom stereocenters. The normalized spacial score (nSPS) is 11.0. The molecule has 4 rings (SSSR count). The Balaban J connectivity index is 1.48. The van der Waals surface area contributed by atoms with Gasteiger partial charge in [-0.2, -0.15) is 0 Å². The Morgan fingerprint density at radius 3 is 2.45 bits per heavy atom. The molecule has 0 aliphatic carbocycles. The molecule has 0 bridgehead atoms. The maximum Gasteiger partial charge on any atom is 0.261 e. The molecule has 158 valence electrons. The van der Waals surface area contributed by atoms with E-state index in [0.717, 1.165) is 10.0 Å². The number of para-hydroxylation sites is 2. The molecule has 1 heterocycles. The first-order chi connectivity index (χ1) is 15.1. The van der Waals surface area contributed by atoms with Gasteiger partial charge in [-0.05, 0) is 36.4 Å². The van der Waals surface area contributed by atoms with Gasteiger partial charge in [-0.15, -0.1) is 0 Å². The van der Waals surface area contributed by atoms with Gasteiger partial charge in [0, 0.05) is 10.0 Å². The third-order valence-electron chi connectivity index (χ3n) is 4.75. The van der Waals surface area contributed by atoms with E-state index in [-0.39, 0.29) is 5.56 Å². The minimum absolute atomic E-state index is 0.0839. The van der Waals surface area contributed by atoms with Gasteiger partial charge in [0.05, 0.1) is 35.7 Å². The number of nitrogens with zero attached hydrogens (tertiary/aromatic N) is 2. The summed E-state index contributed by atoms with van der Waals surface area (Å²) in [5, 5.41) is 1.15. The highest BCUT2D eigenvalue weighted by molar-refractivity contribution is 9.10. The zero-order valence-electron chi connectivity index (χ0n) is 16.6. The number of fused-ring (bicyclic) bond motifs is 1. The van der Waals surface area contributed by atoms with Crippen molar-refractivity contribution in [2.45, 2.75) is 6.54 Å². The van der Waals surface area contributed by atoms with Crippen LogP contribution in [0.3, 0.4) is 0 Å². The molecule has 0 spiro atoms. The molecular weight excluding hydrogens is 480 g/mol. The molecule has 3 aromatic carbocycles. The minimum atomic E-state index is -0.0839. The lowest BCUT2D eigenvalue weighted by Crippen LogP contribution is -2.26. The van der Waals surface area contributed by atoms with E-state index in [2.05, 4.69) is 15.9 Å². The number of hydrogen-bond acceptors (Lipinski definition) is 4. The Labute approximate surface area is 193 Å². The van der Waals surface area contributed by atoms with E-state index in [1.807, 2.05) is 60.7 Å². The second-order valence-corrected chi connectivity index (χ2v) is 8.13. The molecule has 0 amide bonds. The summed E-state index contributed by atoms with van der Waals surface area (Å²) >= 11 is 9.53. The zero-order valence-corrected chi connectivity index (χ0v) is 19.0. The van der Waals surface area contributed by atoms with Crippen LogP contribution in [0.15, 0.2) is 82.1 Å². The van der Waals surface area contributed by atoms with Crippen molar-refractivity contribution in [1.29, 1.82) is 0 Å². The van der Waals surface area contributed by atoms with E-state index >= 15 is 0 Å². The summed E-state index contributed by atoms with van der Waals surface area (Å²) in [4.78, 5) is 17.9. The lowest BCUT2D eigenvalue weighted by Gasteiger charge is -2.14. The molecule has 0 atom stereocenters. The van der Waals surface area contributed by atoms with Crippen LogP contribution in [0.1, 0.15) is 0 Å². The zero-order chi connectivity index (χ0) is 21.6. The average molecular weight is 500 g/mol. The number of benzene rings is 3. The maximum atomic E-state index is 13.2. The van der Waals surface area contributed by atoms with Crippen molar-refractivity contribution in [1.82, 2.24) is 9.55 Å². The molecule has 4 aromatic rings. The molecule has 1 aromatic heterocycles. The van der Waals surface area contributed by atoms with Gasteiger partial charge in [0.15, 0.2) is 0 Å². The molecule has 31 heavy (non-hydrogen) atoms. The lowest BCUT2D eigenvalue weighted by atomic mass is 10.2. The van der Waals surface area contributed by atoms with Gasteiger partial charge in [-0.25, -0.2) is 4.98 Å². The van der Waals surface area contributed by atoms with Crippen LogP contribution in [0.5, 0.6) is 5.75 Å². The fourth-order valence-electron chi connectivity index (χ4n) is 3.23. The Hall–Kier alpha value is -2.67. The molecule has 7 heteroatoms. The first-order valence-corrected chi connectivity index (χ1v) is 11.0. The molecule has 0 aliphatic heterocycles. The summed E-state index contributed by atoms with van der Waals surface area (Å²) in [7, 11) is 0. The van der Waals surface area contributed by atoms with Crippen molar-refractivity contribution >= 4 is 38.4 Å². The smallest absolute Gasteiger partial charge is 0.261 e. The minimum Gasteiger partial charge on any atom is -0.490 e. The molecule has 0 saturated heterocycles. The Bertz CT molecular complexity index is 1240. The van der Waals surface area contributed by atoms with E-state index in [1.165, 1.54) is 0 Å². The fourth-order valence-corrected chi connectivity index (χ4v) is 3.68. The van der Waals surface area contributed by atoms with Crippen LogP contribution >= 0.6 is 27.5 Å². The predicted molar refractivity (Wildman–Crippen MR) is 127 cm³/mol. The lowest BCUT2D eigenvalue weighted by molar-refractivity contribution is 0.0941. The molecule has 5 nitrogen and oxygen atoms in total. The largest absolute Gasteiger partial charge is 0.490 e. The summed E-state index contributed by atoms with van der Waals surface area (Å²) in [5.74, 6) is 1.24. The highest BCUT2D eigenvalue weighted by Crippen LogP contribution is 2.23. The summed E-state index contributed by atoms with van der Waals surface area (Å²) in [5.41, 5.74) is 1.46. The van der Waals surface area contributed by atoms with Crippen LogP contribution in [0.25, 0.3) is 22.3 Å². The Morgan fingerprint density at radius 2 is 1.65 bits per heavy atom. The van der Waals surface area contributed by atoms with Crippen LogP contribution in [-0.4, -0.2) is 29.4 Å². The molecule has 0 aliphatic rings. The van der Waals surface area contributed by atoms with E-state index in [1.54, 1.807) is 16.7 Å². The van der Waals surface area contributed by atoms with Crippen molar-refractivity contribution < 1.29 is 9.47 Å². The first-order valence-electron chi connectivity index (χ1n) is 9.84. The number of hydrogen-bond donors (Lipinski definition) is 0. The summed E-state index contributed by atoms with van der Waals surface area (Å²) in [6, 6.07) is 22.4. The third-order valence-corrected chi connectivity index (χ3v) is 5.59. The number of ether oxygens (including phenoxy) is 2. The van der Waals surface area contributed by atoms with Crippen molar-refractivity contribution in [3.05, 3.63) is 92.6 Å². The van der Waals surface area contributed by atoms with Gasteiger partial charge >= 0.3 is 0 Å². The maximum absolute atomic E-state index is 13.2. The first kappa shape index (κ1) is 21.6. The third kappa shape index (κ3) is 5.15. The molecule has 0 saturated carbocycles. The average Bonchev–Trinajstić information content (AvgIpc) is 2.79. The Morgan fingerprint density at radius 1 is 0.903 bits per heavy atom. The van der Waals surface area contributed by atoms with E-state index in [0.29, 0.717) is 53.9 Å². The highest BCUT2D eigenvalue weighted by atomic mass is 79.9. The van der Waals surface area contributed by atoms with Gasteiger partial charge in [0.25, 0.3) is 5.56 Å². The topological polar surface area (TPSA) is 53.4 Å². The number of aromatic nitrogens is 2. The van der Waals surface area contributed by atoms with Crippen molar-refractivity contribution in [2.75, 3.05) is 19.8 Å². The predicted octanol–water partition coefficient (Wildman–Crippen LogP) is 5.58. The Kier molecular flexibility index (Phi) is 7.02. The summed E-state index contributed by atoms with van der Waals surface area (Å²) < 4.78 is 14.0. The van der Waals surface area contributed by atoms with Crippen LogP contribution in [0.2, 0.25) is 5.02 Å². The quantitative estimate of drug-likeness (QED) is 0.297. The van der Waals surface area contributed by atoms with Gasteiger partial charge < -0.3 is 9.47 Å². The number of halogens is 2. The van der Waals surface area contributed by atoms with Gasteiger partial charge in [-0.3, -0.25) is 9.36 Å². The molecular formula is C24H20BrClN2O3. The van der Waals surface area contributed by atoms with Crippen LogP contribution in [0.4, 0.5) is 0 Å². The van der Waals surface area contributed by atoms with Crippen molar-refractivity contribution in [2.24, 2.45) is 0 Å². The fraction of sp³-hybridized carbons (Fsp3) is 0.167. The highest BCUT2D eigenvalue weighted by Gasteiger charge is 2.12. The van der Waals surface area contributed by atoms with Gasteiger partial charge in [0.2, 0.25) is 0 Å². The van der Waals surface area contributed by atoms with Crippen molar-refractivity contribution in [3.63, 3.8) is 0 Å². The summed E-state index contributed by atoms with van der Waals surface area (Å²) in [6.07, 6.45) is 0. The van der Waals surface area contributed by atoms with Crippen LogP contribution in [0, 0.1) is 0 Å². The SMILES string of the molecule is O=c1c2ccccc2nc(-c2ccc(Br)cc2)n1CCOCCOc1ccccc1Cl. The van der Waals surface area contributed by atoms with Crippen molar-refractivity contribution in [3.8, 4) is 17.1 Å². The van der Waals surface area contributed by atoms with Gasteiger partial charge in [0.1, 0.15) is 18.2 Å². The number of rotatable bonds is 8. The van der Waals surface area contributed by atoms with Gasteiger partial charge in [-0.1, -0.05) is 63.9 Å². The second kappa shape index (κ2) is 10.1. The van der Waals surface area contributed by atoms with E-state index < -0.39 is 0 Å². The second-order valence-electron chi connectivity index (χ2n) is 6.81. The van der Waals surface area contributed by atoms with Crippen LogP contribution in [-0.2, 0) is 11.3 Å². The van der Waals surface area contributed by atoms with E-state index in [9.17, 15) is 4.79 Å². The molecule has 0 N–H and O–H groups in total. The monoisotopic (exact) mass is 498 g/mol. The summed E-state index contributed by atoms with van der Waals surface area (Å²) in [6.45, 7) is 1.49. The molecule has 0 radical (unpaired) electrons. The van der Waals surface area contributed by atoms with Crippen LogP contribution < -0.4 is 10.3 Å². The van der Waals surface area contributed by atoms with E-state index in [4.69, 9.17) is 26.1 Å². The standard InChI is InChI=1S/C24H20BrClN2O3/c25-18-11-9-17(10-12-18)23-27-21-7-3-1-5-19(21)24(29)28(23)13-14-30-15-16-31-22-8-4-2-6-20(22)26/h1-12H,13-16H2.